The van der Waals surface area contributed by atoms with Crippen molar-refractivity contribution in [1.82, 2.24) is 10.2 Å². The molecule has 1 fully saturated rings. The van der Waals surface area contributed by atoms with Crippen molar-refractivity contribution in [3.8, 4) is 0 Å². The predicted molar refractivity (Wildman–Crippen MR) is 70.6 cm³/mol. The van der Waals surface area contributed by atoms with Crippen molar-refractivity contribution in [2.24, 2.45) is 0 Å². The summed E-state index contributed by atoms with van der Waals surface area (Å²) in [6.45, 7) is 7.31. The molecule has 0 spiro atoms. The SMILES string of the molecule is CCOC1CCN(CC(C)(NC)C(=O)OC)CC1. The van der Waals surface area contributed by atoms with Crippen molar-refractivity contribution < 1.29 is 14.3 Å². The Morgan fingerprint density at radius 2 is 2.06 bits per heavy atom. The summed E-state index contributed by atoms with van der Waals surface area (Å²) in [5, 5.41) is 3.07. The van der Waals surface area contributed by atoms with Gasteiger partial charge in [-0.05, 0) is 33.7 Å². The van der Waals surface area contributed by atoms with Crippen LogP contribution in [0.25, 0.3) is 0 Å². The summed E-state index contributed by atoms with van der Waals surface area (Å²) in [5.41, 5.74) is -0.632. The van der Waals surface area contributed by atoms with E-state index in [1.54, 1.807) is 7.05 Å². The Balaban J connectivity index is 2.45. The van der Waals surface area contributed by atoms with E-state index in [9.17, 15) is 4.79 Å². The number of likely N-dealkylation sites (tertiary alicyclic amines) is 1. The van der Waals surface area contributed by atoms with Gasteiger partial charge in [0.05, 0.1) is 13.2 Å². The molecule has 0 amide bonds. The molecule has 0 saturated carbocycles. The first-order valence-corrected chi connectivity index (χ1v) is 6.67. The first-order chi connectivity index (χ1) is 8.55. The Bertz CT molecular complexity index is 265. The van der Waals surface area contributed by atoms with E-state index in [0.717, 1.165) is 32.5 Å². The van der Waals surface area contributed by atoms with E-state index in [1.807, 2.05) is 13.8 Å². The van der Waals surface area contributed by atoms with Crippen LogP contribution in [0.4, 0.5) is 0 Å². The minimum atomic E-state index is -0.632. The topological polar surface area (TPSA) is 50.8 Å². The van der Waals surface area contributed by atoms with Gasteiger partial charge in [-0.3, -0.25) is 4.79 Å². The molecule has 1 heterocycles. The Morgan fingerprint density at radius 3 is 2.50 bits per heavy atom. The third-order valence-electron chi connectivity index (χ3n) is 3.66. The van der Waals surface area contributed by atoms with E-state index in [1.165, 1.54) is 7.11 Å². The molecule has 1 N–H and O–H groups in total. The Morgan fingerprint density at radius 1 is 1.44 bits per heavy atom. The van der Waals surface area contributed by atoms with Gasteiger partial charge >= 0.3 is 5.97 Å². The number of nitrogens with zero attached hydrogens (tertiary/aromatic N) is 1. The van der Waals surface area contributed by atoms with Gasteiger partial charge in [0, 0.05) is 26.2 Å². The van der Waals surface area contributed by atoms with Gasteiger partial charge in [-0.25, -0.2) is 0 Å². The summed E-state index contributed by atoms with van der Waals surface area (Å²) < 4.78 is 10.5. The number of likely N-dealkylation sites (N-methyl/N-ethyl adjacent to an activating group) is 1. The highest BCUT2D eigenvalue weighted by Crippen LogP contribution is 2.17. The molecule has 0 aromatic heterocycles. The van der Waals surface area contributed by atoms with Crippen LogP contribution >= 0.6 is 0 Å². The molecule has 5 nitrogen and oxygen atoms in total. The van der Waals surface area contributed by atoms with E-state index in [2.05, 4.69) is 10.2 Å². The zero-order valence-electron chi connectivity index (χ0n) is 12.0. The van der Waals surface area contributed by atoms with Crippen LogP contribution in [0.3, 0.4) is 0 Å². The summed E-state index contributed by atoms with van der Waals surface area (Å²) in [4.78, 5) is 14.1. The molecule has 0 aromatic carbocycles. The van der Waals surface area contributed by atoms with Gasteiger partial charge in [-0.2, -0.15) is 0 Å². The van der Waals surface area contributed by atoms with Crippen molar-refractivity contribution in [2.75, 3.05) is 40.4 Å². The first-order valence-electron chi connectivity index (χ1n) is 6.67. The summed E-state index contributed by atoms with van der Waals surface area (Å²) in [5.74, 6) is -0.211. The van der Waals surface area contributed by atoms with Crippen LogP contribution < -0.4 is 5.32 Å². The molecule has 1 unspecified atom stereocenters. The van der Waals surface area contributed by atoms with Gasteiger partial charge in [0.25, 0.3) is 0 Å². The number of carbonyl (C=O) groups excluding carboxylic acids is 1. The second kappa shape index (κ2) is 7.07. The lowest BCUT2D eigenvalue weighted by Crippen LogP contribution is -2.57. The molecule has 106 valence electrons. The molecule has 1 aliphatic rings. The lowest BCUT2D eigenvalue weighted by molar-refractivity contribution is -0.148. The summed E-state index contributed by atoms with van der Waals surface area (Å²) in [6, 6.07) is 0. The molecule has 0 aliphatic carbocycles. The highest BCUT2D eigenvalue weighted by Gasteiger charge is 2.35. The number of esters is 1. The molecular weight excluding hydrogens is 232 g/mol. The number of hydrogen-bond acceptors (Lipinski definition) is 5. The summed E-state index contributed by atoms with van der Waals surface area (Å²) in [7, 11) is 3.23. The fourth-order valence-corrected chi connectivity index (χ4v) is 2.39. The zero-order valence-corrected chi connectivity index (χ0v) is 12.0. The molecule has 1 aliphatic heterocycles. The van der Waals surface area contributed by atoms with Crippen LogP contribution in [0.15, 0.2) is 0 Å². The number of carbonyl (C=O) groups is 1. The Hall–Kier alpha value is -0.650. The minimum Gasteiger partial charge on any atom is -0.468 e. The molecule has 0 aromatic rings. The third kappa shape index (κ3) is 3.93. The zero-order chi connectivity index (χ0) is 13.6. The first kappa shape index (κ1) is 15.4. The van der Waals surface area contributed by atoms with Gasteiger partial charge in [-0.15, -0.1) is 0 Å². The number of methoxy groups -OCH3 is 1. The van der Waals surface area contributed by atoms with Gasteiger partial charge in [0.2, 0.25) is 0 Å². The summed E-state index contributed by atoms with van der Waals surface area (Å²) in [6.07, 6.45) is 2.45. The van der Waals surface area contributed by atoms with E-state index < -0.39 is 5.54 Å². The van der Waals surface area contributed by atoms with E-state index >= 15 is 0 Å². The molecular formula is C13H26N2O3. The lowest BCUT2D eigenvalue weighted by atomic mass is 9.99. The van der Waals surface area contributed by atoms with Crippen molar-refractivity contribution >= 4 is 5.97 Å². The third-order valence-corrected chi connectivity index (χ3v) is 3.66. The molecule has 1 saturated heterocycles. The van der Waals surface area contributed by atoms with Crippen molar-refractivity contribution in [3.63, 3.8) is 0 Å². The normalized spacial score (nSPS) is 21.6. The molecule has 0 bridgehead atoms. The maximum absolute atomic E-state index is 11.8. The molecule has 1 rings (SSSR count). The van der Waals surface area contributed by atoms with E-state index in [0.29, 0.717) is 12.6 Å². The number of piperidine rings is 1. The van der Waals surface area contributed by atoms with Gasteiger partial charge in [-0.1, -0.05) is 0 Å². The standard InChI is InChI=1S/C13H26N2O3/c1-5-18-11-6-8-15(9-7-11)10-13(2,14-3)12(16)17-4/h11,14H,5-10H2,1-4H3. The lowest BCUT2D eigenvalue weighted by Gasteiger charge is -2.37. The van der Waals surface area contributed by atoms with Crippen LogP contribution in [-0.2, 0) is 14.3 Å². The van der Waals surface area contributed by atoms with Crippen LogP contribution in [0, 0.1) is 0 Å². The minimum absolute atomic E-state index is 0.211. The maximum Gasteiger partial charge on any atom is 0.327 e. The fraction of sp³-hybridized carbons (Fsp3) is 0.923. The van der Waals surface area contributed by atoms with E-state index in [4.69, 9.17) is 9.47 Å². The van der Waals surface area contributed by atoms with Crippen molar-refractivity contribution in [2.45, 2.75) is 38.3 Å². The predicted octanol–water partition coefficient (Wildman–Crippen LogP) is 0.638. The average Bonchev–Trinajstić information content (AvgIpc) is 2.40. The quantitative estimate of drug-likeness (QED) is 0.709. The van der Waals surface area contributed by atoms with Crippen LogP contribution in [0.1, 0.15) is 26.7 Å². The number of ether oxygens (including phenoxy) is 2. The molecule has 0 radical (unpaired) electrons. The monoisotopic (exact) mass is 258 g/mol. The van der Waals surface area contributed by atoms with Crippen LogP contribution in [-0.4, -0.2) is 62.9 Å². The van der Waals surface area contributed by atoms with Crippen molar-refractivity contribution in [3.05, 3.63) is 0 Å². The van der Waals surface area contributed by atoms with Gasteiger partial charge in [0.1, 0.15) is 5.54 Å². The van der Waals surface area contributed by atoms with Gasteiger partial charge < -0.3 is 19.7 Å². The largest absolute Gasteiger partial charge is 0.468 e. The average molecular weight is 258 g/mol. The number of hydrogen-bond donors (Lipinski definition) is 1. The Kier molecular flexibility index (Phi) is 6.05. The van der Waals surface area contributed by atoms with Crippen LogP contribution in [0.5, 0.6) is 0 Å². The highest BCUT2D eigenvalue weighted by molar-refractivity contribution is 5.80. The fourth-order valence-electron chi connectivity index (χ4n) is 2.39. The smallest absolute Gasteiger partial charge is 0.327 e. The van der Waals surface area contributed by atoms with Crippen molar-refractivity contribution in [1.29, 1.82) is 0 Å². The Labute approximate surface area is 110 Å². The molecule has 5 heteroatoms. The second-order valence-corrected chi connectivity index (χ2v) is 5.00. The van der Waals surface area contributed by atoms with Gasteiger partial charge in [0.15, 0.2) is 0 Å². The van der Waals surface area contributed by atoms with E-state index in [-0.39, 0.29) is 5.97 Å². The maximum atomic E-state index is 11.8. The summed E-state index contributed by atoms with van der Waals surface area (Å²) >= 11 is 0. The second-order valence-electron chi connectivity index (χ2n) is 5.00. The number of nitrogens with one attached hydrogen (secondary N) is 1. The molecule has 1 atom stereocenters. The molecule has 18 heavy (non-hydrogen) atoms. The van der Waals surface area contributed by atoms with Crippen LogP contribution in [0.2, 0.25) is 0 Å². The number of rotatable bonds is 6. The highest BCUT2D eigenvalue weighted by atomic mass is 16.5.